The van der Waals surface area contributed by atoms with E-state index >= 15 is 0 Å². The van der Waals surface area contributed by atoms with E-state index in [1.165, 1.54) is 166 Å². The molecule has 4 nitrogen and oxygen atoms in total. The van der Waals surface area contributed by atoms with Crippen molar-refractivity contribution in [2.75, 3.05) is 0 Å². The molecule has 0 rings (SSSR count). The van der Waals surface area contributed by atoms with Crippen LogP contribution in [0.3, 0.4) is 0 Å². The summed E-state index contributed by atoms with van der Waals surface area (Å²) in [6.45, 7) is 4.53. The molecule has 0 aliphatic carbocycles. The summed E-state index contributed by atoms with van der Waals surface area (Å²) in [6, 6.07) is 0. The molecule has 0 atom stereocenters. The van der Waals surface area contributed by atoms with Crippen LogP contribution in [-0.2, 0) is 9.59 Å². The Labute approximate surface area is 310 Å². The van der Waals surface area contributed by atoms with Crippen LogP contribution in [0.4, 0.5) is 0 Å². The third kappa shape index (κ3) is 32.0. The van der Waals surface area contributed by atoms with Crippen LogP contribution in [0.2, 0.25) is 0 Å². The third-order valence-corrected chi connectivity index (χ3v) is 9.10. The first-order chi connectivity index (χ1) is 21.5. The number of carbonyl (C=O) groups excluding carboxylic acids is 2. The number of hydrogen-bond acceptors (Lipinski definition) is 4. The largest absolute Gasteiger partial charge is 2.00 e. The Hall–Kier alpha value is -0.320. The molecule has 0 amide bonds. The molecule has 0 saturated heterocycles. The summed E-state index contributed by atoms with van der Waals surface area (Å²) >= 11 is 0. The summed E-state index contributed by atoms with van der Waals surface area (Å²) in [5.74, 6) is -2.73. The van der Waals surface area contributed by atoms with Crippen molar-refractivity contribution in [1.82, 2.24) is 0 Å². The van der Waals surface area contributed by atoms with Crippen molar-refractivity contribution in [2.45, 2.75) is 213 Å². The number of carboxylic acids is 2. The van der Waals surface area contributed by atoms with Crippen LogP contribution >= 0.6 is 0 Å². The fourth-order valence-corrected chi connectivity index (χ4v) is 6.12. The van der Waals surface area contributed by atoms with Gasteiger partial charge in [0.15, 0.2) is 0 Å². The van der Waals surface area contributed by atoms with Gasteiger partial charge in [0.05, 0.1) is 11.4 Å². The molecule has 0 bridgehead atoms. The van der Waals surface area contributed by atoms with Crippen molar-refractivity contribution >= 4 is 49.7 Å². The summed E-state index contributed by atoms with van der Waals surface area (Å²) < 4.78 is 0. The van der Waals surface area contributed by atoms with E-state index in [-0.39, 0.29) is 37.7 Å². The molecule has 0 heterocycles. The van der Waals surface area contributed by atoms with E-state index in [0.717, 1.165) is 38.5 Å². The molecule has 0 radical (unpaired) electrons. The van der Waals surface area contributed by atoms with Crippen LogP contribution in [-0.4, -0.2) is 49.7 Å². The molecule has 0 aromatic heterocycles. The Balaban J connectivity index is 0. The molecule has 258 valence electrons. The summed E-state index contributed by atoms with van der Waals surface area (Å²) in [6.07, 6.45) is 44.0. The number of carbonyl (C=O) groups is 2. The van der Waals surface area contributed by atoms with Crippen LogP contribution in [0.5, 0.6) is 0 Å². The van der Waals surface area contributed by atoms with E-state index < -0.39 is 23.8 Å². The van der Waals surface area contributed by atoms with Crippen molar-refractivity contribution in [2.24, 2.45) is 5.41 Å². The van der Waals surface area contributed by atoms with Gasteiger partial charge in [0, 0.05) is 12.4 Å². The second-order valence-electron chi connectivity index (χ2n) is 13.5. The minimum atomic E-state index is -1.62. The Kier molecular flexibility index (Phi) is 38.0. The molecule has 0 aliphatic heterocycles. The first-order valence-electron chi connectivity index (χ1n) is 19.2. The molecule has 0 unspecified atom stereocenters. The third-order valence-electron chi connectivity index (χ3n) is 9.10. The van der Waals surface area contributed by atoms with E-state index in [2.05, 4.69) is 13.8 Å². The van der Waals surface area contributed by atoms with Crippen LogP contribution in [0, 0.1) is 5.41 Å². The molecule has 0 aromatic rings. The number of aliphatic carboxylic acids is 2. The van der Waals surface area contributed by atoms with Gasteiger partial charge >= 0.3 is 37.7 Å². The van der Waals surface area contributed by atoms with E-state index in [4.69, 9.17) is 0 Å². The first-order valence-corrected chi connectivity index (χ1v) is 19.2. The fourth-order valence-electron chi connectivity index (χ4n) is 6.12. The molecule has 0 saturated carbocycles. The van der Waals surface area contributed by atoms with Crippen molar-refractivity contribution in [3.8, 4) is 0 Å². The van der Waals surface area contributed by atoms with Gasteiger partial charge in [-0.2, -0.15) is 0 Å². The topological polar surface area (TPSA) is 80.3 Å². The Bertz CT molecular complexity index is 660. The van der Waals surface area contributed by atoms with E-state index in [0.29, 0.717) is 0 Å². The van der Waals surface area contributed by atoms with Crippen LogP contribution in [0.15, 0.2) is 24.3 Å². The fraction of sp³-hybridized carbons (Fsp3) is 0.850. The molecule has 45 heavy (non-hydrogen) atoms. The molecule has 0 N–H and O–H groups in total. The van der Waals surface area contributed by atoms with Crippen molar-refractivity contribution in [3.63, 3.8) is 0 Å². The number of unbranched alkanes of at least 4 members (excludes halogenated alkanes) is 28. The second-order valence-corrected chi connectivity index (χ2v) is 13.5. The summed E-state index contributed by atoms with van der Waals surface area (Å²) in [5.41, 5.74) is -1.62. The number of allylic oxidation sites excluding steroid dienone is 2. The van der Waals surface area contributed by atoms with Gasteiger partial charge in [0.2, 0.25) is 0 Å². The normalized spacial score (nSPS) is 12.9. The molecular formula is C40H72CaO4. The number of hydrogen-bond donors (Lipinski definition) is 0. The smallest absolute Gasteiger partial charge is 0.550 e. The van der Waals surface area contributed by atoms with Crippen LogP contribution < -0.4 is 10.2 Å². The van der Waals surface area contributed by atoms with Crippen molar-refractivity contribution in [3.05, 3.63) is 24.3 Å². The van der Waals surface area contributed by atoms with E-state index in [9.17, 15) is 19.8 Å². The average molecular weight is 657 g/mol. The zero-order valence-electron chi connectivity index (χ0n) is 30.1. The maximum atomic E-state index is 12.0. The summed E-state index contributed by atoms with van der Waals surface area (Å²) in [5, 5.41) is 23.4. The standard InChI is InChI=1S/C40H74O4.Ca/c1-3-5-7-9-11-13-15-17-19-21-23-25-27-29-31-33-35-40(39(43)44,37-38(41)42)36-34-32-30-28-26-24-22-20-18-16-14-12-10-8-6-4-2;/h33-36H,3-32,37H2,1-2H3,(H,41,42)(H,43,44);/q;+2/p-2. The number of carboxylic acid groups (broad SMARTS) is 2. The first kappa shape index (κ1) is 46.8. The molecule has 5 heteroatoms. The van der Waals surface area contributed by atoms with Crippen LogP contribution in [0.25, 0.3) is 0 Å². The van der Waals surface area contributed by atoms with Gasteiger partial charge in [0.25, 0.3) is 0 Å². The van der Waals surface area contributed by atoms with Gasteiger partial charge < -0.3 is 19.8 Å². The maximum absolute atomic E-state index is 12.0. The zero-order valence-corrected chi connectivity index (χ0v) is 32.3. The van der Waals surface area contributed by atoms with E-state index in [1.54, 1.807) is 0 Å². The quantitative estimate of drug-likeness (QED) is 0.0386. The van der Waals surface area contributed by atoms with Gasteiger partial charge in [-0.1, -0.05) is 205 Å². The summed E-state index contributed by atoms with van der Waals surface area (Å²) in [4.78, 5) is 23.4. The van der Waals surface area contributed by atoms with E-state index in [1.807, 2.05) is 12.2 Å². The van der Waals surface area contributed by atoms with Gasteiger partial charge in [-0.3, -0.25) is 0 Å². The molecular weight excluding hydrogens is 585 g/mol. The predicted molar refractivity (Wildman–Crippen MR) is 191 cm³/mol. The maximum Gasteiger partial charge on any atom is 2.00 e. The zero-order chi connectivity index (χ0) is 32.4. The van der Waals surface area contributed by atoms with Gasteiger partial charge in [-0.05, 0) is 25.7 Å². The Morgan fingerprint density at radius 3 is 0.911 bits per heavy atom. The number of rotatable bonds is 35. The molecule has 0 aliphatic rings. The second kappa shape index (κ2) is 36.5. The molecule has 0 spiro atoms. The van der Waals surface area contributed by atoms with Crippen LogP contribution in [0.1, 0.15) is 213 Å². The Morgan fingerprint density at radius 1 is 0.444 bits per heavy atom. The van der Waals surface area contributed by atoms with Crippen molar-refractivity contribution < 1.29 is 19.8 Å². The monoisotopic (exact) mass is 657 g/mol. The van der Waals surface area contributed by atoms with Gasteiger partial charge in [-0.15, -0.1) is 0 Å². The molecule has 0 aromatic carbocycles. The van der Waals surface area contributed by atoms with Crippen molar-refractivity contribution in [1.29, 1.82) is 0 Å². The van der Waals surface area contributed by atoms with Gasteiger partial charge in [0.1, 0.15) is 0 Å². The minimum Gasteiger partial charge on any atom is -0.550 e. The van der Waals surface area contributed by atoms with Gasteiger partial charge in [-0.25, -0.2) is 0 Å². The predicted octanol–water partition coefficient (Wildman–Crippen LogP) is 10.3. The average Bonchev–Trinajstić information content (AvgIpc) is 3.00. The minimum absolute atomic E-state index is 0. The molecule has 0 fully saturated rings. The SMILES string of the molecule is CCCCCCCCCCCCCCCCC=CC(C=CCCCCCCCCCCCCCCCC)(CC(=O)[O-])C(=O)[O-].[Ca+2]. The summed E-state index contributed by atoms with van der Waals surface area (Å²) in [7, 11) is 0. The Morgan fingerprint density at radius 2 is 0.689 bits per heavy atom.